The van der Waals surface area contributed by atoms with Crippen molar-refractivity contribution in [1.29, 1.82) is 0 Å². The predicted octanol–water partition coefficient (Wildman–Crippen LogP) is 19.3. The third-order valence-electron chi connectivity index (χ3n) is 19.3. The molecule has 4 heteroatoms. The molecule has 9 aromatic carbocycles. The Bertz CT molecular complexity index is 4880. The molecule has 0 amide bonds. The number of nitrogens with one attached hydrogen (secondary N) is 1. The van der Waals surface area contributed by atoms with Crippen molar-refractivity contribution in [2.24, 2.45) is 5.92 Å². The Labute approximate surface area is 476 Å². The molecule has 3 heterocycles. The first-order chi connectivity index (χ1) is 40.6. The summed E-state index contributed by atoms with van der Waals surface area (Å²) in [5, 5.41) is 9.11. The molecular formula is C78H56N4. The maximum absolute atomic E-state index is 4.07. The van der Waals surface area contributed by atoms with Crippen molar-refractivity contribution in [3.63, 3.8) is 0 Å². The summed E-state index contributed by atoms with van der Waals surface area (Å²) in [5.41, 5.74) is 29.8. The maximum atomic E-state index is 4.07. The molecule has 0 radical (unpaired) electrons. The van der Waals surface area contributed by atoms with Crippen LogP contribution in [0.2, 0.25) is 0 Å². The summed E-state index contributed by atoms with van der Waals surface area (Å²) >= 11 is 0. The minimum absolute atomic E-state index is 0.585. The van der Waals surface area contributed by atoms with Crippen LogP contribution in [0, 0.1) is 12.8 Å². The molecule has 82 heavy (non-hydrogen) atoms. The first-order valence-electron chi connectivity index (χ1n) is 29.3. The summed E-state index contributed by atoms with van der Waals surface area (Å²) in [5.74, 6) is 1.22. The second-order valence-electron chi connectivity index (χ2n) is 23.5. The highest BCUT2D eigenvalue weighted by atomic mass is 15.0. The standard InChI is InChI=1S/C78H56N4/c1-48-18-5-6-21-56(48)59-22-7-12-28-70(59)79-52-36-39-57-58-40-38-55(81-73-32-15-10-25-62(73)63-26-11-16-33-74(63)81)47-69(58)78(68(57)44-52)66-45-53(82-75-29-4-2-3-27-64(75)77-65-43-49(65)35-41-76(77)82)20-17-19-50(66)42-51-34-37-54(46-67(51)78)80-71-30-13-8-23-60(71)61-24-9-14-31-72(61)80/h2-18,20-26,28-41,44-47,49,65,79H,19,27,42-43H2,1H3. The van der Waals surface area contributed by atoms with Crippen LogP contribution in [-0.4, -0.2) is 13.7 Å². The van der Waals surface area contributed by atoms with Gasteiger partial charge in [-0.3, -0.25) is 0 Å². The average molecular weight is 1050 g/mol. The fourth-order valence-corrected chi connectivity index (χ4v) is 15.7. The Hall–Kier alpha value is -9.90. The molecule has 388 valence electrons. The largest absolute Gasteiger partial charge is 0.355 e. The molecule has 3 atom stereocenters. The van der Waals surface area contributed by atoms with Crippen LogP contribution in [0.15, 0.2) is 254 Å². The number of nitrogens with zero attached hydrogens (tertiary/aromatic N) is 3. The van der Waals surface area contributed by atoms with E-state index in [1.54, 1.807) is 5.56 Å². The SMILES string of the molecule is Cc1ccccc1-c1ccccc1Nc1ccc2c(c1)C1(C3=C(CC=CC(n4c5c(c6c4C=CC4CC64)CC=CC=C5)=C3)Cc3ccc(-n4c5ccccc5c5ccccc54)cc31)c1cc(-n3c4ccccc4c4ccccc43)ccc1-2. The van der Waals surface area contributed by atoms with E-state index in [4.69, 9.17) is 0 Å². The van der Waals surface area contributed by atoms with Crippen molar-refractivity contribution in [2.45, 2.75) is 43.9 Å². The number of rotatable bonds is 6. The number of hydrogen-bond acceptors (Lipinski definition) is 1. The molecule has 0 bridgehead atoms. The van der Waals surface area contributed by atoms with E-state index in [1.165, 1.54) is 134 Å². The zero-order valence-electron chi connectivity index (χ0n) is 45.6. The van der Waals surface area contributed by atoms with Gasteiger partial charge in [0.1, 0.15) is 0 Å². The minimum Gasteiger partial charge on any atom is -0.355 e. The fourth-order valence-electron chi connectivity index (χ4n) is 15.7. The fraction of sp³-hybridized carbons (Fsp3) is 0.103. The Kier molecular flexibility index (Phi) is 9.69. The summed E-state index contributed by atoms with van der Waals surface area (Å²) in [7, 11) is 0. The average Bonchev–Trinajstić information content (AvgIpc) is 1.60. The van der Waals surface area contributed by atoms with Gasteiger partial charge in [-0.1, -0.05) is 169 Å². The van der Waals surface area contributed by atoms with Crippen molar-refractivity contribution < 1.29 is 0 Å². The highest BCUT2D eigenvalue weighted by Gasteiger charge is 2.52. The van der Waals surface area contributed by atoms with Crippen molar-refractivity contribution in [1.82, 2.24) is 13.7 Å². The number of aromatic nitrogens is 3. The van der Waals surface area contributed by atoms with E-state index in [9.17, 15) is 0 Å². The predicted molar refractivity (Wildman–Crippen MR) is 342 cm³/mol. The number of para-hydroxylation sites is 5. The third-order valence-corrected chi connectivity index (χ3v) is 19.3. The second kappa shape index (κ2) is 17.3. The van der Waals surface area contributed by atoms with Crippen LogP contribution in [0.3, 0.4) is 0 Å². The zero-order chi connectivity index (χ0) is 53.8. The number of allylic oxidation sites excluding steroid dienone is 10. The quantitative estimate of drug-likeness (QED) is 0.177. The van der Waals surface area contributed by atoms with Crippen molar-refractivity contribution >= 4 is 72.8 Å². The van der Waals surface area contributed by atoms with E-state index >= 15 is 0 Å². The number of anilines is 2. The molecule has 3 unspecified atom stereocenters. The molecule has 1 saturated carbocycles. The van der Waals surface area contributed by atoms with Crippen molar-refractivity contribution in [3.8, 4) is 33.6 Å². The van der Waals surface area contributed by atoms with Gasteiger partial charge < -0.3 is 19.0 Å². The third kappa shape index (κ3) is 6.43. The van der Waals surface area contributed by atoms with E-state index in [-0.39, 0.29) is 0 Å². The van der Waals surface area contributed by atoms with Gasteiger partial charge in [0, 0.05) is 61.2 Å². The lowest BCUT2D eigenvalue weighted by molar-refractivity contribution is 0.709. The molecule has 1 fully saturated rings. The van der Waals surface area contributed by atoms with Gasteiger partial charge in [-0.05, 0) is 197 Å². The summed E-state index contributed by atoms with van der Waals surface area (Å²) in [6.07, 6.45) is 25.6. The number of hydrogen-bond donors (Lipinski definition) is 1. The van der Waals surface area contributed by atoms with Gasteiger partial charge in [0.15, 0.2) is 0 Å². The van der Waals surface area contributed by atoms with Crippen LogP contribution in [0.4, 0.5) is 11.4 Å². The summed E-state index contributed by atoms with van der Waals surface area (Å²) in [6.45, 7) is 2.21. The van der Waals surface area contributed by atoms with E-state index < -0.39 is 5.41 Å². The van der Waals surface area contributed by atoms with E-state index in [0.717, 1.165) is 42.0 Å². The second-order valence-corrected chi connectivity index (χ2v) is 23.5. The lowest BCUT2D eigenvalue weighted by atomic mass is 9.60. The maximum Gasteiger partial charge on any atom is 0.0719 e. The Morgan fingerprint density at radius 2 is 1.10 bits per heavy atom. The van der Waals surface area contributed by atoms with Gasteiger partial charge in [-0.15, -0.1) is 0 Å². The number of aryl methyl sites for hydroxylation is 1. The summed E-state index contributed by atoms with van der Waals surface area (Å²) in [6, 6.07) is 75.5. The molecule has 6 aliphatic carbocycles. The molecule has 18 rings (SSSR count). The lowest BCUT2D eigenvalue weighted by Crippen LogP contribution is -2.35. The van der Waals surface area contributed by atoms with Crippen LogP contribution in [0.1, 0.15) is 69.1 Å². The molecule has 4 nitrogen and oxygen atoms in total. The molecular weight excluding hydrogens is 993 g/mol. The smallest absolute Gasteiger partial charge is 0.0719 e. The number of fused-ring (bicyclic) bond motifs is 19. The van der Waals surface area contributed by atoms with Crippen LogP contribution in [0.25, 0.3) is 95.1 Å². The van der Waals surface area contributed by atoms with Gasteiger partial charge in [0.2, 0.25) is 0 Å². The highest BCUT2D eigenvalue weighted by molar-refractivity contribution is 6.10. The van der Waals surface area contributed by atoms with Gasteiger partial charge in [0.05, 0.1) is 33.2 Å². The number of benzene rings is 9. The van der Waals surface area contributed by atoms with E-state index in [0.29, 0.717) is 11.8 Å². The van der Waals surface area contributed by atoms with Crippen molar-refractivity contribution in [2.75, 3.05) is 5.32 Å². The Morgan fingerprint density at radius 1 is 0.488 bits per heavy atom. The van der Waals surface area contributed by atoms with Gasteiger partial charge in [0.25, 0.3) is 0 Å². The van der Waals surface area contributed by atoms with E-state index in [1.807, 2.05) is 0 Å². The topological polar surface area (TPSA) is 26.8 Å². The molecule has 0 aliphatic heterocycles. The van der Waals surface area contributed by atoms with Crippen LogP contribution in [-0.2, 0) is 18.3 Å². The van der Waals surface area contributed by atoms with Gasteiger partial charge >= 0.3 is 0 Å². The van der Waals surface area contributed by atoms with Crippen LogP contribution < -0.4 is 5.32 Å². The lowest BCUT2D eigenvalue weighted by Gasteiger charge is -2.41. The van der Waals surface area contributed by atoms with E-state index in [2.05, 4.69) is 281 Å². The summed E-state index contributed by atoms with van der Waals surface area (Å²) in [4.78, 5) is 0. The molecule has 3 aromatic heterocycles. The van der Waals surface area contributed by atoms with Crippen LogP contribution in [0.5, 0.6) is 0 Å². The Morgan fingerprint density at radius 3 is 1.80 bits per heavy atom. The molecule has 12 aromatic rings. The molecule has 1 N–H and O–H groups in total. The van der Waals surface area contributed by atoms with Gasteiger partial charge in [-0.25, -0.2) is 0 Å². The highest BCUT2D eigenvalue weighted by Crippen LogP contribution is 2.63. The molecule has 0 saturated heterocycles. The van der Waals surface area contributed by atoms with Crippen molar-refractivity contribution in [3.05, 3.63) is 304 Å². The normalized spacial score (nSPS) is 18.7. The summed E-state index contributed by atoms with van der Waals surface area (Å²) < 4.78 is 7.67. The molecule has 6 aliphatic rings. The minimum atomic E-state index is -0.763. The first-order valence-corrected chi connectivity index (χ1v) is 29.3. The first kappa shape index (κ1) is 45.9. The monoisotopic (exact) mass is 1050 g/mol. The molecule has 1 spiro atoms. The Balaban J connectivity index is 0.953. The van der Waals surface area contributed by atoms with Crippen LogP contribution >= 0.6 is 0 Å². The zero-order valence-corrected chi connectivity index (χ0v) is 45.6. The van der Waals surface area contributed by atoms with Gasteiger partial charge in [-0.2, -0.15) is 0 Å².